The van der Waals surface area contributed by atoms with Gasteiger partial charge in [0.05, 0.1) is 7.11 Å². The Morgan fingerprint density at radius 1 is 1.27 bits per heavy atom. The van der Waals surface area contributed by atoms with Crippen molar-refractivity contribution in [2.24, 2.45) is 11.8 Å². The lowest BCUT2D eigenvalue weighted by molar-refractivity contribution is -0.133. The molecule has 0 spiro atoms. The Balaban J connectivity index is 2.03. The molecule has 0 amide bonds. The molecule has 2 atom stereocenters. The molecule has 0 saturated heterocycles. The lowest BCUT2D eigenvalue weighted by Crippen LogP contribution is -2.21. The predicted octanol–water partition coefficient (Wildman–Crippen LogP) is 4.85. The number of allylic oxidation sites excluding steroid dienone is 7. The standard InChI is InChI=1S/C25H26O5/c1-14-8-10-18(15(2)25(28)29)24-19(21(16(3)26)13-20(14)24)7-5-6-17-9-11-22(27)23(12-17)30-4/h5-7,9,11-14,18,27H,2,8,10H2,1,3-4H3,(H,28,29)/b6-5+,19-7-/t14-,18+/m1/s1. The monoisotopic (exact) mass is 406 g/mol. The number of ether oxygens (including phenoxy) is 1. The van der Waals surface area contributed by atoms with Gasteiger partial charge in [0.1, 0.15) is 0 Å². The zero-order valence-corrected chi connectivity index (χ0v) is 17.4. The lowest BCUT2D eigenvalue weighted by atomic mass is 9.74. The number of carboxylic acids is 1. The third-order valence-corrected chi connectivity index (χ3v) is 5.79. The first-order chi connectivity index (χ1) is 14.2. The van der Waals surface area contributed by atoms with Crippen LogP contribution in [-0.2, 0) is 9.59 Å². The number of carboxylic acid groups (broad SMARTS) is 1. The van der Waals surface area contributed by atoms with Crippen LogP contribution in [-0.4, -0.2) is 29.1 Å². The van der Waals surface area contributed by atoms with Crippen LogP contribution >= 0.6 is 0 Å². The van der Waals surface area contributed by atoms with Gasteiger partial charge < -0.3 is 14.9 Å². The Hall–Kier alpha value is -3.34. The van der Waals surface area contributed by atoms with Crippen LogP contribution in [0.1, 0.15) is 32.3 Å². The van der Waals surface area contributed by atoms with Gasteiger partial charge in [0.2, 0.25) is 0 Å². The fraction of sp³-hybridized carbons (Fsp3) is 0.280. The van der Waals surface area contributed by atoms with Crippen molar-refractivity contribution in [1.29, 1.82) is 0 Å². The van der Waals surface area contributed by atoms with Gasteiger partial charge in [0.15, 0.2) is 17.3 Å². The number of benzene rings is 1. The second kappa shape index (κ2) is 8.57. The molecule has 0 saturated carbocycles. The average Bonchev–Trinajstić information content (AvgIpc) is 3.10. The van der Waals surface area contributed by atoms with Crippen LogP contribution in [0.4, 0.5) is 0 Å². The summed E-state index contributed by atoms with van der Waals surface area (Å²) < 4.78 is 5.13. The Morgan fingerprint density at radius 2 is 2.00 bits per heavy atom. The lowest BCUT2D eigenvalue weighted by Gasteiger charge is -2.30. The first-order valence-electron chi connectivity index (χ1n) is 9.89. The number of phenols is 1. The molecule has 3 rings (SSSR count). The van der Waals surface area contributed by atoms with Gasteiger partial charge in [-0.05, 0) is 66.2 Å². The van der Waals surface area contributed by atoms with E-state index in [9.17, 15) is 19.8 Å². The number of Topliss-reactive ketones (excluding diaryl/α,β-unsaturated/α-hetero) is 1. The molecular formula is C25H26O5. The van der Waals surface area contributed by atoms with Gasteiger partial charge in [-0.2, -0.15) is 0 Å². The van der Waals surface area contributed by atoms with Gasteiger partial charge in [-0.1, -0.05) is 37.8 Å². The molecule has 0 heterocycles. The number of rotatable bonds is 6. The van der Waals surface area contributed by atoms with Crippen molar-refractivity contribution >= 4 is 17.8 Å². The van der Waals surface area contributed by atoms with E-state index in [1.54, 1.807) is 18.2 Å². The summed E-state index contributed by atoms with van der Waals surface area (Å²) in [6, 6.07) is 5.02. The zero-order chi connectivity index (χ0) is 22.0. The third kappa shape index (κ3) is 4.01. The normalized spacial score (nSPS) is 22.2. The van der Waals surface area contributed by atoms with Gasteiger partial charge >= 0.3 is 5.97 Å². The van der Waals surface area contributed by atoms with Crippen molar-refractivity contribution in [2.45, 2.75) is 26.7 Å². The van der Waals surface area contributed by atoms with Gasteiger partial charge in [-0.3, -0.25) is 4.79 Å². The Kier molecular flexibility index (Phi) is 6.11. The van der Waals surface area contributed by atoms with Crippen molar-refractivity contribution in [3.05, 3.63) is 76.4 Å². The summed E-state index contributed by atoms with van der Waals surface area (Å²) in [6.45, 7) is 7.43. The van der Waals surface area contributed by atoms with E-state index >= 15 is 0 Å². The fourth-order valence-electron chi connectivity index (χ4n) is 4.15. The Bertz CT molecular complexity index is 1040. The molecule has 0 radical (unpaired) electrons. The van der Waals surface area contributed by atoms with Crippen molar-refractivity contribution in [3.63, 3.8) is 0 Å². The molecular weight excluding hydrogens is 380 g/mol. The number of ketones is 1. The topological polar surface area (TPSA) is 83.8 Å². The first-order valence-corrected chi connectivity index (χ1v) is 9.89. The van der Waals surface area contributed by atoms with E-state index in [0.717, 1.165) is 28.7 Å². The smallest absolute Gasteiger partial charge is 0.331 e. The third-order valence-electron chi connectivity index (χ3n) is 5.79. The quantitative estimate of drug-likeness (QED) is 0.660. The highest BCUT2D eigenvalue weighted by Gasteiger charge is 2.37. The summed E-state index contributed by atoms with van der Waals surface area (Å²) in [7, 11) is 1.49. The summed E-state index contributed by atoms with van der Waals surface area (Å²) in [5, 5.41) is 19.2. The van der Waals surface area contributed by atoms with Crippen LogP contribution in [0.25, 0.3) is 6.08 Å². The van der Waals surface area contributed by atoms with Crippen molar-refractivity contribution in [2.75, 3.05) is 7.11 Å². The molecule has 2 N–H and O–H groups in total. The van der Waals surface area contributed by atoms with Gasteiger partial charge in [0.25, 0.3) is 0 Å². The molecule has 0 aliphatic heterocycles. The van der Waals surface area contributed by atoms with E-state index in [1.165, 1.54) is 14.0 Å². The minimum atomic E-state index is -1.01. The SMILES string of the molecule is C=C(C(=O)O)[C@@H]1CC[C@@H](C)C2=C1/C(=C\C=C\c1ccc(O)c(OC)c1)C(C(C)=O)=C2. The molecule has 5 heteroatoms. The predicted molar refractivity (Wildman–Crippen MR) is 116 cm³/mol. The van der Waals surface area contributed by atoms with Crippen molar-refractivity contribution in [1.82, 2.24) is 0 Å². The molecule has 1 aromatic carbocycles. The van der Waals surface area contributed by atoms with Crippen molar-refractivity contribution in [3.8, 4) is 11.5 Å². The van der Waals surface area contributed by atoms with Gasteiger partial charge in [-0.25, -0.2) is 4.79 Å². The van der Waals surface area contributed by atoms with Crippen LogP contribution in [0.3, 0.4) is 0 Å². The van der Waals surface area contributed by atoms with E-state index in [1.807, 2.05) is 24.3 Å². The van der Waals surface area contributed by atoms with Crippen LogP contribution < -0.4 is 4.74 Å². The van der Waals surface area contributed by atoms with E-state index in [2.05, 4.69) is 13.5 Å². The maximum Gasteiger partial charge on any atom is 0.331 e. The molecule has 2 aliphatic rings. The first kappa shape index (κ1) is 21.4. The maximum absolute atomic E-state index is 12.3. The van der Waals surface area contributed by atoms with Crippen LogP contribution in [0.15, 0.2) is 70.9 Å². The molecule has 5 nitrogen and oxygen atoms in total. The number of hydrogen-bond donors (Lipinski definition) is 2. The van der Waals surface area contributed by atoms with Gasteiger partial charge in [0, 0.05) is 17.1 Å². The highest BCUT2D eigenvalue weighted by molar-refractivity contribution is 6.02. The van der Waals surface area contributed by atoms with Crippen LogP contribution in [0.5, 0.6) is 11.5 Å². The minimum absolute atomic E-state index is 0.0535. The molecule has 30 heavy (non-hydrogen) atoms. The largest absolute Gasteiger partial charge is 0.504 e. The van der Waals surface area contributed by atoms with E-state index in [-0.39, 0.29) is 28.9 Å². The molecule has 0 aromatic heterocycles. The summed E-state index contributed by atoms with van der Waals surface area (Å²) >= 11 is 0. The van der Waals surface area contributed by atoms with E-state index in [4.69, 9.17) is 4.74 Å². The fourth-order valence-corrected chi connectivity index (χ4v) is 4.15. The number of carbonyl (C=O) groups excluding carboxylic acids is 1. The Labute approximate surface area is 176 Å². The number of phenolic OH excluding ortho intramolecular Hbond substituents is 1. The highest BCUT2D eigenvalue weighted by Crippen LogP contribution is 2.48. The van der Waals surface area contributed by atoms with E-state index < -0.39 is 5.97 Å². The number of hydrogen-bond acceptors (Lipinski definition) is 4. The van der Waals surface area contributed by atoms with Crippen LogP contribution in [0, 0.1) is 11.8 Å². The molecule has 1 aromatic rings. The second-order valence-electron chi connectivity index (χ2n) is 7.72. The molecule has 2 aliphatic carbocycles. The highest BCUT2D eigenvalue weighted by atomic mass is 16.5. The zero-order valence-electron chi connectivity index (χ0n) is 17.4. The summed E-state index contributed by atoms with van der Waals surface area (Å²) in [5.41, 5.74) is 4.28. The van der Waals surface area contributed by atoms with Crippen molar-refractivity contribution < 1.29 is 24.5 Å². The number of aromatic hydroxyl groups is 1. The molecule has 0 bridgehead atoms. The number of carbonyl (C=O) groups is 2. The average molecular weight is 406 g/mol. The van der Waals surface area contributed by atoms with Crippen LogP contribution in [0.2, 0.25) is 0 Å². The number of aliphatic carboxylic acids is 1. The number of methoxy groups -OCH3 is 1. The van der Waals surface area contributed by atoms with Gasteiger partial charge in [-0.15, -0.1) is 0 Å². The second-order valence-corrected chi connectivity index (χ2v) is 7.72. The summed E-state index contributed by atoms with van der Waals surface area (Å²) in [4.78, 5) is 23.9. The molecule has 0 fully saturated rings. The van der Waals surface area contributed by atoms with E-state index in [0.29, 0.717) is 17.7 Å². The maximum atomic E-state index is 12.3. The minimum Gasteiger partial charge on any atom is -0.504 e. The molecule has 0 unspecified atom stereocenters. The molecule has 156 valence electrons. The Morgan fingerprint density at radius 3 is 2.63 bits per heavy atom. The summed E-state index contributed by atoms with van der Waals surface area (Å²) in [5.74, 6) is -0.685. The summed E-state index contributed by atoms with van der Waals surface area (Å²) in [6.07, 6.45) is 8.99.